The lowest BCUT2D eigenvalue weighted by Crippen LogP contribution is -2.51. The number of hydrogen-bond donors (Lipinski definition) is 1. The molecule has 1 N–H and O–H groups in total. The molecule has 0 aromatic heterocycles. The zero-order chi connectivity index (χ0) is 15.7. The van der Waals surface area contributed by atoms with Crippen LogP contribution in [-0.2, 0) is 9.53 Å². The van der Waals surface area contributed by atoms with E-state index in [0.29, 0.717) is 32.5 Å². The number of carbonyl (C=O) groups is 1. The molecule has 0 unspecified atom stereocenters. The zero-order valence-corrected chi connectivity index (χ0v) is 13.0. The molecule has 1 saturated carbocycles. The molecule has 22 heavy (non-hydrogen) atoms. The summed E-state index contributed by atoms with van der Waals surface area (Å²) in [4.78, 5) is 14.2. The van der Waals surface area contributed by atoms with Gasteiger partial charge < -0.3 is 14.7 Å². The molecule has 1 atom stereocenters. The summed E-state index contributed by atoms with van der Waals surface area (Å²) in [6.45, 7) is 1.21. The maximum Gasteiger partial charge on any atom is 0.254 e. The molecule has 0 spiro atoms. The van der Waals surface area contributed by atoms with E-state index in [2.05, 4.69) is 0 Å². The fourth-order valence-corrected chi connectivity index (χ4v) is 3.41. The number of aliphatic hydroxyl groups is 1. The molecule has 1 aromatic rings. The van der Waals surface area contributed by atoms with Crippen molar-refractivity contribution in [3.05, 3.63) is 34.6 Å². The van der Waals surface area contributed by atoms with Gasteiger partial charge in [-0.2, -0.15) is 0 Å². The van der Waals surface area contributed by atoms with Crippen molar-refractivity contribution < 1.29 is 19.0 Å². The Hall–Kier alpha value is -1.17. The van der Waals surface area contributed by atoms with Gasteiger partial charge in [-0.15, -0.1) is 0 Å². The largest absolute Gasteiger partial charge is 0.380 e. The van der Waals surface area contributed by atoms with Crippen molar-refractivity contribution in [2.45, 2.75) is 37.4 Å². The molecule has 1 saturated heterocycles. The van der Waals surface area contributed by atoms with Crippen LogP contribution in [0.4, 0.5) is 4.39 Å². The monoisotopic (exact) mass is 327 g/mol. The van der Waals surface area contributed by atoms with Crippen LogP contribution in [-0.4, -0.2) is 41.2 Å². The van der Waals surface area contributed by atoms with E-state index in [1.54, 1.807) is 11.0 Å². The van der Waals surface area contributed by atoms with Crippen molar-refractivity contribution in [1.82, 2.24) is 4.90 Å². The predicted octanol–water partition coefficient (Wildman–Crippen LogP) is 2.68. The van der Waals surface area contributed by atoms with E-state index < -0.39 is 11.4 Å². The topological polar surface area (TPSA) is 49.8 Å². The fourth-order valence-electron chi connectivity index (χ4n) is 3.22. The highest BCUT2D eigenvalue weighted by Crippen LogP contribution is 2.33. The Morgan fingerprint density at radius 3 is 2.82 bits per heavy atom. The first-order valence-corrected chi connectivity index (χ1v) is 7.96. The number of ether oxygens (including phenoxy) is 1. The highest BCUT2D eigenvalue weighted by Gasteiger charge is 2.42. The third-order valence-electron chi connectivity index (χ3n) is 4.50. The second-order valence-electron chi connectivity index (χ2n) is 6.02. The molecular formula is C16H19ClFNO3. The molecule has 4 nitrogen and oxygen atoms in total. The van der Waals surface area contributed by atoms with Crippen molar-refractivity contribution in [2.75, 3.05) is 19.7 Å². The van der Waals surface area contributed by atoms with E-state index in [-0.39, 0.29) is 17.0 Å². The Balaban J connectivity index is 1.73. The fraction of sp³-hybridized carbons (Fsp3) is 0.562. The van der Waals surface area contributed by atoms with Crippen LogP contribution in [0.5, 0.6) is 0 Å². The van der Waals surface area contributed by atoms with Gasteiger partial charge in [-0.05, 0) is 43.4 Å². The Bertz CT molecular complexity index is 575. The minimum Gasteiger partial charge on any atom is -0.380 e. The first kappa shape index (κ1) is 15.7. The second-order valence-corrected chi connectivity index (χ2v) is 6.43. The van der Waals surface area contributed by atoms with Crippen molar-refractivity contribution >= 4 is 17.5 Å². The van der Waals surface area contributed by atoms with Gasteiger partial charge >= 0.3 is 0 Å². The maximum atomic E-state index is 13.3. The van der Waals surface area contributed by atoms with Crippen LogP contribution >= 0.6 is 11.6 Å². The number of morpholine rings is 1. The van der Waals surface area contributed by atoms with Crippen LogP contribution in [0.2, 0.25) is 5.02 Å². The van der Waals surface area contributed by atoms with Crippen LogP contribution < -0.4 is 0 Å². The Morgan fingerprint density at radius 2 is 2.14 bits per heavy atom. The van der Waals surface area contributed by atoms with Gasteiger partial charge in [0.05, 0.1) is 18.2 Å². The minimum atomic E-state index is -1.22. The second kappa shape index (κ2) is 6.14. The lowest BCUT2D eigenvalue weighted by Gasteiger charge is -2.37. The normalized spacial score (nSPS) is 24.5. The van der Waals surface area contributed by atoms with Crippen LogP contribution in [0, 0.1) is 5.82 Å². The Kier molecular flexibility index (Phi) is 4.39. The van der Waals surface area contributed by atoms with Gasteiger partial charge in [0.25, 0.3) is 5.91 Å². The van der Waals surface area contributed by atoms with E-state index in [0.717, 1.165) is 18.4 Å². The number of carbonyl (C=O) groups excluding carboxylic acids is 1. The SMILES string of the molecule is O=C(N1CCO[C@H](c2ccc(F)c(Cl)c2)C1)C1(O)CCCC1. The highest BCUT2D eigenvalue weighted by atomic mass is 35.5. The van der Waals surface area contributed by atoms with Gasteiger partial charge in [0, 0.05) is 6.54 Å². The number of nitrogens with zero attached hydrogens (tertiary/aromatic N) is 1. The number of hydrogen-bond acceptors (Lipinski definition) is 3. The molecule has 1 aromatic carbocycles. The first-order valence-electron chi connectivity index (χ1n) is 7.58. The van der Waals surface area contributed by atoms with E-state index in [1.165, 1.54) is 12.1 Å². The third kappa shape index (κ3) is 2.98. The van der Waals surface area contributed by atoms with Crippen LogP contribution in [0.1, 0.15) is 37.4 Å². The summed E-state index contributed by atoms with van der Waals surface area (Å²) < 4.78 is 18.9. The molecule has 2 fully saturated rings. The Morgan fingerprint density at radius 1 is 1.41 bits per heavy atom. The van der Waals surface area contributed by atoms with E-state index in [1.807, 2.05) is 0 Å². The summed E-state index contributed by atoms with van der Waals surface area (Å²) >= 11 is 5.81. The molecular weight excluding hydrogens is 309 g/mol. The number of amides is 1. The summed E-state index contributed by atoms with van der Waals surface area (Å²) in [5.74, 6) is -0.694. The molecule has 120 valence electrons. The molecule has 0 radical (unpaired) electrons. The molecule has 1 aliphatic carbocycles. The van der Waals surface area contributed by atoms with Crippen molar-refractivity contribution in [1.29, 1.82) is 0 Å². The van der Waals surface area contributed by atoms with E-state index in [4.69, 9.17) is 16.3 Å². The number of halogens is 2. The molecule has 1 aliphatic heterocycles. The van der Waals surface area contributed by atoms with Crippen molar-refractivity contribution in [3.8, 4) is 0 Å². The third-order valence-corrected chi connectivity index (χ3v) is 4.79. The summed E-state index contributed by atoms with van der Waals surface area (Å²) in [5.41, 5.74) is -0.482. The van der Waals surface area contributed by atoms with Gasteiger partial charge in [0.1, 0.15) is 17.5 Å². The lowest BCUT2D eigenvalue weighted by atomic mass is 9.99. The van der Waals surface area contributed by atoms with E-state index >= 15 is 0 Å². The lowest BCUT2D eigenvalue weighted by molar-refractivity contribution is -0.158. The molecule has 0 bridgehead atoms. The summed E-state index contributed by atoms with van der Waals surface area (Å²) in [6.07, 6.45) is 2.46. The summed E-state index contributed by atoms with van der Waals surface area (Å²) in [5, 5.41) is 10.5. The van der Waals surface area contributed by atoms with Crippen molar-refractivity contribution in [3.63, 3.8) is 0 Å². The quantitative estimate of drug-likeness (QED) is 0.908. The summed E-state index contributed by atoms with van der Waals surface area (Å²) in [6, 6.07) is 4.44. The molecule has 1 amide bonds. The highest BCUT2D eigenvalue weighted by molar-refractivity contribution is 6.30. The number of benzene rings is 1. The summed E-state index contributed by atoms with van der Waals surface area (Å²) in [7, 11) is 0. The maximum absolute atomic E-state index is 13.3. The molecule has 2 aliphatic rings. The molecule has 3 rings (SSSR count). The number of rotatable bonds is 2. The van der Waals surface area contributed by atoms with Gasteiger partial charge in [-0.3, -0.25) is 4.79 Å². The van der Waals surface area contributed by atoms with Gasteiger partial charge in [0.15, 0.2) is 0 Å². The standard InChI is InChI=1S/C16H19ClFNO3/c17-12-9-11(3-4-13(12)18)14-10-19(7-8-22-14)15(20)16(21)5-1-2-6-16/h3-4,9,14,21H,1-2,5-8,10H2/t14-/m0/s1. The average Bonchev–Trinajstić information content (AvgIpc) is 2.97. The minimum absolute atomic E-state index is 0.0407. The molecule has 6 heteroatoms. The average molecular weight is 328 g/mol. The smallest absolute Gasteiger partial charge is 0.254 e. The van der Waals surface area contributed by atoms with E-state index in [9.17, 15) is 14.3 Å². The zero-order valence-electron chi connectivity index (χ0n) is 12.2. The van der Waals surface area contributed by atoms with Crippen LogP contribution in [0.3, 0.4) is 0 Å². The van der Waals surface area contributed by atoms with Gasteiger partial charge in [0.2, 0.25) is 0 Å². The molecule has 1 heterocycles. The predicted molar refractivity (Wildman–Crippen MR) is 80.1 cm³/mol. The van der Waals surface area contributed by atoms with Crippen LogP contribution in [0.15, 0.2) is 18.2 Å². The Labute approximate surface area is 133 Å². The van der Waals surface area contributed by atoms with Crippen LogP contribution in [0.25, 0.3) is 0 Å². The van der Waals surface area contributed by atoms with Gasteiger partial charge in [-0.25, -0.2) is 4.39 Å². The van der Waals surface area contributed by atoms with Gasteiger partial charge in [-0.1, -0.05) is 17.7 Å². The van der Waals surface area contributed by atoms with Crippen molar-refractivity contribution in [2.24, 2.45) is 0 Å². The first-order chi connectivity index (χ1) is 10.5.